The predicted octanol–water partition coefficient (Wildman–Crippen LogP) is 1.99. The van der Waals surface area contributed by atoms with Crippen molar-refractivity contribution in [3.05, 3.63) is 102 Å². The van der Waals surface area contributed by atoms with Gasteiger partial charge in [-0.05, 0) is 54.5 Å². The highest BCUT2D eigenvalue weighted by Crippen LogP contribution is 2.17. The summed E-state index contributed by atoms with van der Waals surface area (Å²) in [6.07, 6.45) is -2.14. The third-order valence-electron chi connectivity index (χ3n) is 7.68. The molecule has 3 rings (SSSR count). The number of carboxylic acids is 2. The Morgan fingerprint density at radius 3 is 1.98 bits per heavy atom. The first-order chi connectivity index (χ1) is 23.7. The average molecular weight is 690 g/mol. The summed E-state index contributed by atoms with van der Waals surface area (Å²) in [5.74, 6) is -5.55. The molecule has 0 aliphatic heterocycles. The number of aliphatic carboxylic acids is 1. The Hall–Kier alpha value is -5.60. The quantitative estimate of drug-likeness (QED) is 0.0967. The molecule has 3 aromatic rings. The van der Waals surface area contributed by atoms with E-state index >= 15 is 0 Å². The molecular formula is C36H43N5O9. The average Bonchev–Trinajstić information content (AvgIpc) is 3.09. The summed E-state index contributed by atoms with van der Waals surface area (Å²) in [5.41, 5.74) is 7.01. The summed E-state index contributed by atoms with van der Waals surface area (Å²) in [6.45, 7) is 3.67. The Balaban J connectivity index is 1.85. The highest BCUT2D eigenvalue weighted by Gasteiger charge is 2.33. The number of aromatic carboxylic acids is 1. The number of hydrogen-bond donors (Lipinski definition) is 8. The van der Waals surface area contributed by atoms with Gasteiger partial charge in [-0.15, -0.1) is 0 Å². The van der Waals surface area contributed by atoms with Gasteiger partial charge in [-0.2, -0.15) is 0 Å². The predicted molar refractivity (Wildman–Crippen MR) is 184 cm³/mol. The van der Waals surface area contributed by atoms with Gasteiger partial charge in [0.1, 0.15) is 12.1 Å². The van der Waals surface area contributed by atoms with Crippen LogP contribution in [0.3, 0.4) is 0 Å². The molecule has 14 nitrogen and oxygen atoms in total. The van der Waals surface area contributed by atoms with Crippen LogP contribution in [0.2, 0.25) is 0 Å². The highest BCUT2D eigenvalue weighted by atomic mass is 16.4. The van der Waals surface area contributed by atoms with Crippen LogP contribution in [0.25, 0.3) is 0 Å². The third-order valence-corrected chi connectivity index (χ3v) is 7.68. The molecule has 0 aliphatic rings. The van der Waals surface area contributed by atoms with E-state index in [1.807, 2.05) is 13.8 Å². The third kappa shape index (κ3) is 12.1. The molecule has 0 aliphatic carbocycles. The van der Waals surface area contributed by atoms with Gasteiger partial charge in [0.15, 0.2) is 6.10 Å². The van der Waals surface area contributed by atoms with E-state index in [1.165, 1.54) is 24.3 Å². The summed E-state index contributed by atoms with van der Waals surface area (Å²) in [5, 5.41) is 40.0. The molecule has 0 saturated heterocycles. The van der Waals surface area contributed by atoms with Gasteiger partial charge in [0.05, 0.1) is 17.6 Å². The summed E-state index contributed by atoms with van der Waals surface area (Å²) in [6, 6.07) is 17.6. The number of amides is 4. The van der Waals surface area contributed by atoms with Gasteiger partial charge < -0.3 is 42.3 Å². The van der Waals surface area contributed by atoms with Gasteiger partial charge in [0.2, 0.25) is 17.7 Å². The van der Waals surface area contributed by atoms with E-state index < -0.39 is 65.8 Å². The van der Waals surface area contributed by atoms with Crippen LogP contribution in [0.1, 0.15) is 60.6 Å². The van der Waals surface area contributed by atoms with Crippen LogP contribution in [0.5, 0.6) is 0 Å². The zero-order chi connectivity index (χ0) is 36.8. The van der Waals surface area contributed by atoms with E-state index in [0.717, 1.165) is 0 Å². The molecule has 0 saturated carbocycles. The summed E-state index contributed by atoms with van der Waals surface area (Å²) >= 11 is 0. The normalized spacial score (nSPS) is 13.9. The monoisotopic (exact) mass is 689 g/mol. The summed E-state index contributed by atoms with van der Waals surface area (Å²) < 4.78 is 0. The number of benzene rings is 3. The largest absolute Gasteiger partial charge is 0.481 e. The number of nitrogens with two attached hydrogens (primary N) is 1. The van der Waals surface area contributed by atoms with Crippen molar-refractivity contribution in [3.8, 4) is 0 Å². The smallest absolute Gasteiger partial charge is 0.335 e. The maximum Gasteiger partial charge on any atom is 0.335 e. The fraction of sp³-hybridized carbons (Fsp3) is 0.333. The molecular weight excluding hydrogens is 646 g/mol. The molecule has 3 aromatic carbocycles. The molecule has 0 spiro atoms. The molecule has 0 aromatic heterocycles. The number of aliphatic hydroxyl groups excluding tert-OH is 1. The molecule has 14 heteroatoms. The molecule has 266 valence electrons. The summed E-state index contributed by atoms with van der Waals surface area (Å²) in [7, 11) is 0. The van der Waals surface area contributed by atoms with Crippen molar-refractivity contribution in [1.82, 2.24) is 16.0 Å². The zero-order valence-corrected chi connectivity index (χ0v) is 27.7. The van der Waals surface area contributed by atoms with E-state index in [9.17, 15) is 39.0 Å². The zero-order valence-electron chi connectivity index (χ0n) is 27.7. The lowest BCUT2D eigenvalue weighted by atomic mass is 9.97. The number of carbonyl (C=O) groups excluding carboxylic acids is 4. The van der Waals surface area contributed by atoms with E-state index in [1.54, 1.807) is 60.7 Å². The van der Waals surface area contributed by atoms with Crippen LogP contribution in [0.15, 0.2) is 84.9 Å². The Bertz CT molecular complexity index is 1640. The number of nitrogens with one attached hydrogen (secondary N) is 4. The van der Waals surface area contributed by atoms with Crippen LogP contribution >= 0.6 is 0 Å². The van der Waals surface area contributed by atoms with E-state index in [2.05, 4.69) is 21.3 Å². The standard InChI is InChI=1S/C36H43N5O9/c1-21(2)18-28(40-34(47)30(23-12-7-4-8-13-23)41-32(45)26(37)16-17-29(42)43)33(46)39-27(19-22-10-5-3-6-11-22)31(44)35(48)38-25-15-9-14-24(20-25)36(49)50/h3-15,20-21,26-28,30-31,44H,16-19,37H2,1-2H3,(H,38,48)(H,39,46)(H,40,47)(H,41,45)(H,42,43)(H,49,50)/t26-,27-,28-,30-,31+/m0/s1. The van der Waals surface area contributed by atoms with Crippen molar-refractivity contribution in [2.24, 2.45) is 11.7 Å². The van der Waals surface area contributed by atoms with Crippen LogP contribution in [0, 0.1) is 5.92 Å². The Labute approximate surface area is 289 Å². The second-order valence-electron chi connectivity index (χ2n) is 12.2. The second-order valence-corrected chi connectivity index (χ2v) is 12.2. The molecule has 50 heavy (non-hydrogen) atoms. The second kappa shape index (κ2) is 18.8. The van der Waals surface area contributed by atoms with Gasteiger partial charge in [-0.25, -0.2) is 4.79 Å². The molecule has 0 fully saturated rings. The summed E-state index contributed by atoms with van der Waals surface area (Å²) in [4.78, 5) is 76.1. The van der Waals surface area contributed by atoms with Gasteiger partial charge in [-0.3, -0.25) is 24.0 Å². The first kappa shape index (κ1) is 38.8. The van der Waals surface area contributed by atoms with Gasteiger partial charge in [-0.1, -0.05) is 80.6 Å². The molecule has 5 atom stereocenters. The van der Waals surface area contributed by atoms with Gasteiger partial charge in [0, 0.05) is 12.1 Å². The van der Waals surface area contributed by atoms with E-state index in [0.29, 0.717) is 11.1 Å². The van der Waals surface area contributed by atoms with Crippen LogP contribution < -0.4 is 27.0 Å². The van der Waals surface area contributed by atoms with Gasteiger partial charge in [0.25, 0.3) is 5.91 Å². The van der Waals surface area contributed by atoms with Crippen molar-refractivity contribution < 1.29 is 44.1 Å². The van der Waals surface area contributed by atoms with Crippen molar-refractivity contribution in [2.45, 2.75) is 69.8 Å². The first-order valence-corrected chi connectivity index (χ1v) is 16.0. The van der Waals surface area contributed by atoms with E-state index in [-0.39, 0.29) is 42.9 Å². The molecule has 0 radical (unpaired) electrons. The Kier molecular flexibility index (Phi) is 14.6. The number of aliphatic hydroxyl groups is 1. The number of carboxylic acid groups (broad SMARTS) is 2. The number of anilines is 1. The minimum Gasteiger partial charge on any atom is -0.481 e. The van der Waals surface area contributed by atoms with Crippen molar-refractivity contribution in [3.63, 3.8) is 0 Å². The first-order valence-electron chi connectivity index (χ1n) is 16.0. The fourth-order valence-corrected chi connectivity index (χ4v) is 5.08. The lowest BCUT2D eigenvalue weighted by molar-refractivity contribution is -0.137. The molecule has 4 amide bonds. The number of rotatable bonds is 18. The SMILES string of the molecule is CC(C)C[C@H](NC(=O)[C@@H](NC(=O)[C@@H](N)CCC(=O)O)c1ccccc1)C(=O)N[C@@H](Cc1ccccc1)[C@@H](O)C(=O)Nc1cccc(C(=O)O)c1. The van der Waals surface area contributed by atoms with Crippen LogP contribution in [-0.2, 0) is 30.4 Å². The molecule has 9 N–H and O–H groups in total. The Morgan fingerprint density at radius 2 is 1.38 bits per heavy atom. The van der Waals surface area contributed by atoms with Gasteiger partial charge >= 0.3 is 11.9 Å². The highest BCUT2D eigenvalue weighted by molar-refractivity contribution is 5.97. The number of carbonyl (C=O) groups is 6. The topological polar surface area (TPSA) is 237 Å². The molecule has 0 heterocycles. The minimum absolute atomic E-state index is 0.0234. The minimum atomic E-state index is -1.80. The van der Waals surface area contributed by atoms with Crippen molar-refractivity contribution >= 4 is 41.3 Å². The van der Waals surface area contributed by atoms with Crippen LogP contribution in [0.4, 0.5) is 5.69 Å². The molecule has 0 bridgehead atoms. The Morgan fingerprint density at radius 1 is 0.740 bits per heavy atom. The molecule has 0 unspecified atom stereocenters. The maximum absolute atomic E-state index is 13.9. The van der Waals surface area contributed by atoms with Crippen molar-refractivity contribution in [2.75, 3.05) is 5.32 Å². The maximum atomic E-state index is 13.9. The number of hydrogen-bond acceptors (Lipinski definition) is 8. The van der Waals surface area contributed by atoms with Crippen LogP contribution in [-0.4, -0.2) is 75.1 Å². The van der Waals surface area contributed by atoms with Crippen molar-refractivity contribution in [1.29, 1.82) is 0 Å². The van der Waals surface area contributed by atoms with E-state index in [4.69, 9.17) is 10.8 Å². The fourth-order valence-electron chi connectivity index (χ4n) is 5.08. The lowest BCUT2D eigenvalue weighted by Crippen LogP contribution is -2.57. The lowest BCUT2D eigenvalue weighted by Gasteiger charge is -2.29.